The minimum Gasteiger partial charge on any atom is -0.386 e. The maximum Gasteiger partial charge on any atom is 0.257 e. The first-order valence-electron chi connectivity index (χ1n) is 5.68. The van der Waals surface area contributed by atoms with Gasteiger partial charge in [0.1, 0.15) is 5.15 Å². The number of aromatic nitrogens is 1. The molecule has 0 saturated carbocycles. The predicted octanol–water partition coefficient (Wildman–Crippen LogP) is 1.72. The molecule has 0 aliphatic carbocycles. The van der Waals surface area contributed by atoms with Gasteiger partial charge in [-0.3, -0.25) is 4.79 Å². The van der Waals surface area contributed by atoms with Gasteiger partial charge in [-0.15, -0.1) is 0 Å². The topological polar surface area (TPSA) is 53.4 Å². The molecule has 17 heavy (non-hydrogen) atoms. The molecule has 2 heterocycles. The first kappa shape index (κ1) is 12.3. The van der Waals surface area contributed by atoms with Crippen molar-refractivity contribution in [2.24, 2.45) is 0 Å². The minimum atomic E-state index is -0.709. The van der Waals surface area contributed by atoms with Crippen molar-refractivity contribution in [1.82, 2.24) is 9.88 Å². The summed E-state index contributed by atoms with van der Waals surface area (Å²) in [7, 11) is 0. The van der Waals surface area contributed by atoms with Crippen molar-refractivity contribution in [1.29, 1.82) is 0 Å². The molecule has 4 nitrogen and oxygen atoms in total. The highest BCUT2D eigenvalue weighted by molar-refractivity contribution is 6.32. The molecular formula is C12H15ClN2O2. The average molecular weight is 255 g/mol. The lowest BCUT2D eigenvalue weighted by Crippen LogP contribution is -2.63. The van der Waals surface area contributed by atoms with Gasteiger partial charge in [-0.05, 0) is 18.6 Å². The molecule has 1 aliphatic rings. The lowest BCUT2D eigenvalue weighted by atomic mass is 9.89. The summed E-state index contributed by atoms with van der Waals surface area (Å²) < 4.78 is 0. The number of aliphatic hydroxyl groups is 1. The number of pyridine rings is 1. The van der Waals surface area contributed by atoms with Gasteiger partial charge in [0.05, 0.1) is 24.3 Å². The molecule has 2 rings (SSSR count). The van der Waals surface area contributed by atoms with E-state index in [-0.39, 0.29) is 11.1 Å². The van der Waals surface area contributed by atoms with Crippen molar-refractivity contribution in [3.8, 4) is 0 Å². The zero-order valence-corrected chi connectivity index (χ0v) is 10.4. The summed E-state index contributed by atoms with van der Waals surface area (Å²) in [4.78, 5) is 17.5. The molecule has 0 bridgehead atoms. The fraction of sp³-hybridized carbons (Fsp3) is 0.500. The molecule has 1 amide bonds. The molecule has 1 fully saturated rings. The molecule has 0 unspecified atom stereocenters. The quantitative estimate of drug-likeness (QED) is 0.836. The summed E-state index contributed by atoms with van der Waals surface area (Å²) in [6, 6.07) is 3.33. The SMILES string of the molecule is CCCC1(O)CN(C(=O)c2cccnc2Cl)C1. The van der Waals surface area contributed by atoms with Crippen molar-refractivity contribution in [3.05, 3.63) is 29.0 Å². The summed E-state index contributed by atoms with van der Waals surface area (Å²) in [5.41, 5.74) is -0.313. The summed E-state index contributed by atoms with van der Waals surface area (Å²) in [6.07, 6.45) is 3.17. The second-order valence-electron chi connectivity index (χ2n) is 4.48. The zero-order valence-electron chi connectivity index (χ0n) is 9.69. The maximum absolute atomic E-state index is 12.0. The molecule has 0 spiro atoms. The van der Waals surface area contributed by atoms with Gasteiger partial charge in [0, 0.05) is 6.20 Å². The molecule has 1 aromatic heterocycles. The molecule has 1 saturated heterocycles. The highest BCUT2D eigenvalue weighted by Crippen LogP contribution is 2.28. The van der Waals surface area contributed by atoms with Gasteiger partial charge in [0.2, 0.25) is 0 Å². The van der Waals surface area contributed by atoms with Gasteiger partial charge in [0.25, 0.3) is 5.91 Å². The standard InChI is InChI=1S/C12H15ClN2O2/c1-2-5-12(17)7-15(8-12)11(16)9-4-3-6-14-10(9)13/h3-4,6,17H,2,5,7-8H2,1H3. The third-order valence-corrected chi connectivity index (χ3v) is 3.26. The van der Waals surface area contributed by atoms with E-state index in [4.69, 9.17) is 11.6 Å². The van der Waals surface area contributed by atoms with E-state index in [2.05, 4.69) is 4.98 Å². The number of carbonyl (C=O) groups is 1. The molecule has 0 radical (unpaired) electrons. The molecule has 92 valence electrons. The Labute approximate surface area is 105 Å². The minimum absolute atomic E-state index is 0.163. The van der Waals surface area contributed by atoms with Crippen LogP contribution in [0.2, 0.25) is 5.15 Å². The van der Waals surface area contributed by atoms with Crippen molar-refractivity contribution in [3.63, 3.8) is 0 Å². The van der Waals surface area contributed by atoms with Crippen LogP contribution in [0, 0.1) is 0 Å². The largest absolute Gasteiger partial charge is 0.386 e. The van der Waals surface area contributed by atoms with Gasteiger partial charge in [-0.1, -0.05) is 24.9 Å². The molecule has 1 aromatic rings. The Bertz CT molecular complexity index is 430. The number of likely N-dealkylation sites (tertiary alicyclic amines) is 1. The zero-order chi connectivity index (χ0) is 12.5. The van der Waals surface area contributed by atoms with E-state index >= 15 is 0 Å². The van der Waals surface area contributed by atoms with Crippen LogP contribution in [0.5, 0.6) is 0 Å². The van der Waals surface area contributed by atoms with Crippen LogP contribution in [0.15, 0.2) is 18.3 Å². The van der Waals surface area contributed by atoms with Gasteiger partial charge >= 0.3 is 0 Å². The van der Waals surface area contributed by atoms with Crippen LogP contribution >= 0.6 is 11.6 Å². The van der Waals surface area contributed by atoms with E-state index in [9.17, 15) is 9.90 Å². The number of amides is 1. The second kappa shape index (κ2) is 4.63. The van der Waals surface area contributed by atoms with E-state index in [1.165, 1.54) is 0 Å². The van der Waals surface area contributed by atoms with Crippen LogP contribution in [0.25, 0.3) is 0 Å². The molecule has 5 heteroatoms. The smallest absolute Gasteiger partial charge is 0.257 e. The fourth-order valence-electron chi connectivity index (χ4n) is 2.15. The number of nitrogens with zero attached hydrogens (tertiary/aromatic N) is 2. The number of hydrogen-bond donors (Lipinski definition) is 1. The molecule has 0 atom stereocenters. The van der Waals surface area contributed by atoms with Crippen molar-refractivity contribution in [2.75, 3.05) is 13.1 Å². The Morgan fingerprint density at radius 3 is 2.94 bits per heavy atom. The predicted molar refractivity (Wildman–Crippen MR) is 65.0 cm³/mol. The van der Waals surface area contributed by atoms with Crippen molar-refractivity contribution in [2.45, 2.75) is 25.4 Å². The maximum atomic E-state index is 12.0. The van der Waals surface area contributed by atoms with E-state index in [0.29, 0.717) is 18.7 Å². The third kappa shape index (κ3) is 2.42. The summed E-state index contributed by atoms with van der Waals surface area (Å²) >= 11 is 5.86. The second-order valence-corrected chi connectivity index (χ2v) is 4.84. The van der Waals surface area contributed by atoms with Gasteiger partial charge in [-0.2, -0.15) is 0 Å². The van der Waals surface area contributed by atoms with Crippen LogP contribution in [-0.2, 0) is 0 Å². The van der Waals surface area contributed by atoms with E-state index < -0.39 is 5.60 Å². The molecular weight excluding hydrogens is 240 g/mol. The number of carbonyl (C=O) groups excluding carboxylic acids is 1. The monoisotopic (exact) mass is 254 g/mol. The van der Waals surface area contributed by atoms with E-state index in [1.54, 1.807) is 23.2 Å². The first-order chi connectivity index (χ1) is 8.06. The van der Waals surface area contributed by atoms with Crippen molar-refractivity contribution >= 4 is 17.5 Å². The van der Waals surface area contributed by atoms with Gasteiger partial charge in [-0.25, -0.2) is 4.98 Å². The molecule has 1 N–H and O–H groups in total. The highest BCUT2D eigenvalue weighted by Gasteiger charge is 2.43. The Morgan fingerprint density at radius 2 is 2.35 bits per heavy atom. The van der Waals surface area contributed by atoms with Crippen molar-refractivity contribution < 1.29 is 9.90 Å². The lowest BCUT2D eigenvalue weighted by molar-refractivity contribution is -0.0860. The van der Waals surface area contributed by atoms with E-state index in [0.717, 1.165) is 12.8 Å². The van der Waals surface area contributed by atoms with Crippen LogP contribution in [0.1, 0.15) is 30.1 Å². The van der Waals surface area contributed by atoms with Crippen LogP contribution in [-0.4, -0.2) is 39.6 Å². The Hall–Kier alpha value is -1.13. The average Bonchev–Trinajstić information content (AvgIpc) is 2.26. The summed E-state index contributed by atoms with van der Waals surface area (Å²) in [5.74, 6) is -0.163. The van der Waals surface area contributed by atoms with Gasteiger partial charge in [0.15, 0.2) is 0 Å². The van der Waals surface area contributed by atoms with Gasteiger partial charge < -0.3 is 10.0 Å². The molecule has 1 aliphatic heterocycles. The lowest BCUT2D eigenvalue weighted by Gasteiger charge is -2.46. The third-order valence-electron chi connectivity index (χ3n) is 2.96. The number of hydrogen-bond acceptors (Lipinski definition) is 3. The number of rotatable bonds is 3. The first-order valence-corrected chi connectivity index (χ1v) is 6.06. The number of halogens is 1. The van der Waals surface area contributed by atoms with E-state index in [1.807, 2.05) is 6.92 Å². The summed E-state index contributed by atoms with van der Waals surface area (Å²) in [5, 5.41) is 10.2. The number of β-amino-alcohol motifs (C(OH)–C–C–N with tert-alkyl or cyclic N) is 1. The highest BCUT2D eigenvalue weighted by atomic mass is 35.5. The summed E-state index contributed by atoms with van der Waals surface area (Å²) in [6.45, 7) is 2.77. The van der Waals surface area contributed by atoms with Crippen LogP contribution < -0.4 is 0 Å². The van der Waals surface area contributed by atoms with Crippen LogP contribution in [0.3, 0.4) is 0 Å². The fourth-order valence-corrected chi connectivity index (χ4v) is 2.35. The molecule has 0 aromatic carbocycles. The van der Waals surface area contributed by atoms with Crippen LogP contribution in [0.4, 0.5) is 0 Å². The Balaban J connectivity index is 2.03. The Kier molecular flexibility index (Phi) is 3.35. The normalized spacial score (nSPS) is 17.7. The Morgan fingerprint density at radius 1 is 1.65 bits per heavy atom.